The molecule has 0 aliphatic heterocycles. The lowest BCUT2D eigenvalue weighted by molar-refractivity contribution is 0.118. The summed E-state index contributed by atoms with van der Waals surface area (Å²) in [4.78, 5) is 0. The van der Waals surface area contributed by atoms with Crippen LogP contribution in [0.25, 0.3) is 0 Å². The van der Waals surface area contributed by atoms with Crippen molar-refractivity contribution in [1.82, 2.24) is 0 Å². The summed E-state index contributed by atoms with van der Waals surface area (Å²) in [6, 6.07) is 4.97. The molecule has 1 unspecified atom stereocenters. The monoisotopic (exact) mass is 264 g/mol. The maximum atomic E-state index is 13.5. The van der Waals surface area contributed by atoms with Gasteiger partial charge in [0.1, 0.15) is 11.6 Å². The van der Waals surface area contributed by atoms with E-state index in [1.54, 1.807) is 19.2 Å². The Morgan fingerprint density at radius 3 is 2.58 bits per heavy atom. The topological polar surface area (TPSA) is 18.5 Å². The maximum absolute atomic E-state index is 13.5. The summed E-state index contributed by atoms with van der Waals surface area (Å²) in [5.74, 6) is 2.25. The fourth-order valence-corrected chi connectivity index (χ4v) is 3.63. The summed E-state index contributed by atoms with van der Waals surface area (Å²) >= 11 is 0. The normalized spacial score (nSPS) is 29.5. The van der Waals surface area contributed by atoms with E-state index >= 15 is 0 Å². The molecule has 0 spiro atoms. The Balaban J connectivity index is 1.67. The van der Waals surface area contributed by atoms with Crippen LogP contribution in [0.4, 0.5) is 4.39 Å². The summed E-state index contributed by atoms with van der Waals surface area (Å²) in [5, 5.41) is 0. The predicted octanol–water partition coefficient (Wildman–Crippen LogP) is 3.93. The van der Waals surface area contributed by atoms with Crippen molar-refractivity contribution in [2.75, 3.05) is 7.11 Å². The van der Waals surface area contributed by atoms with Gasteiger partial charge in [0.2, 0.25) is 0 Å². The van der Waals surface area contributed by atoms with Crippen LogP contribution in [-0.4, -0.2) is 13.2 Å². The van der Waals surface area contributed by atoms with Gasteiger partial charge in [0.25, 0.3) is 0 Å². The second-order valence-corrected chi connectivity index (χ2v) is 5.94. The highest BCUT2D eigenvalue weighted by Gasteiger charge is 2.35. The number of halogens is 1. The minimum atomic E-state index is -0.224. The zero-order valence-corrected chi connectivity index (χ0v) is 11.4. The average molecular weight is 264 g/mol. The molecule has 0 amide bonds. The smallest absolute Gasteiger partial charge is 0.128 e. The van der Waals surface area contributed by atoms with Crippen LogP contribution in [0.2, 0.25) is 0 Å². The molecule has 3 heteroatoms. The SMILES string of the molecule is COCc1cc(OC2C[C@H]3CC[C@@H](C2)C3)ccc1F. The first-order valence-electron chi connectivity index (χ1n) is 7.18. The fraction of sp³-hybridized carbons (Fsp3) is 0.625. The molecule has 0 aromatic heterocycles. The van der Waals surface area contributed by atoms with E-state index in [1.807, 2.05) is 0 Å². The van der Waals surface area contributed by atoms with Gasteiger partial charge in [-0.05, 0) is 49.3 Å². The molecule has 3 rings (SSSR count). The molecule has 1 aromatic rings. The highest BCUT2D eigenvalue weighted by molar-refractivity contribution is 5.29. The molecule has 0 saturated heterocycles. The molecule has 2 fully saturated rings. The molecule has 3 atom stereocenters. The Bertz CT molecular complexity index is 434. The molecule has 2 aliphatic carbocycles. The number of ether oxygens (including phenoxy) is 2. The Morgan fingerprint density at radius 2 is 1.89 bits per heavy atom. The second kappa shape index (κ2) is 5.49. The van der Waals surface area contributed by atoms with Gasteiger partial charge in [0.05, 0.1) is 12.7 Å². The fourth-order valence-electron chi connectivity index (χ4n) is 3.63. The standard InChI is InChI=1S/C16H21FO2/c1-18-10-13-9-14(4-5-16(13)17)19-15-7-11-2-3-12(6-11)8-15/h4-5,9,11-12,15H,2-3,6-8,10H2,1H3/t11-,12+,15?. The largest absolute Gasteiger partial charge is 0.490 e. The molecule has 0 radical (unpaired) electrons. The highest BCUT2D eigenvalue weighted by atomic mass is 19.1. The summed E-state index contributed by atoms with van der Waals surface area (Å²) in [5.41, 5.74) is 0.568. The van der Waals surface area contributed by atoms with Crippen LogP contribution in [0.15, 0.2) is 18.2 Å². The van der Waals surface area contributed by atoms with Crippen molar-refractivity contribution in [1.29, 1.82) is 0 Å². The molecule has 0 N–H and O–H groups in total. The molecule has 1 aromatic carbocycles. The van der Waals surface area contributed by atoms with Crippen molar-refractivity contribution in [2.45, 2.75) is 44.8 Å². The number of rotatable bonds is 4. The second-order valence-electron chi connectivity index (χ2n) is 5.94. The van der Waals surface area contributed by atoms with Gasteiger partial charge in [-0.3, -0.25) is 0 Å². The molecule has 0 heterocycles. The maximum Gasteiger partial charge on any atom is 0.128 e. The van der Waals surface area contributed by atoms with E-state index in [-0.39, 0.29) is 5.82 Å². The van der Waals surface area contributed by atoms with Crippen LogP contribution in [0.3, 0.4) is 0 Å². The van der Waals surface area contributed by atoms with Crippen molar-refractivity contribution in [3.05, 3.63) is 29.6 Å². The molecular weight excluding hydrogens is 243 g/mol. The van der Waals surface area contributed by atoms with E-state index in [9.17, 15) is 4.39 Å². The molecule has 2 saturated carbocycles. The van der Waals surface area contributed by atoms with Crippen LogP contribution >= 0.6 is 0 Å². The van der Waals surface area contributed by atoms with Crippen molar-refractivity contribution in [2.24, 2.45) is 11.8 Å². The van der Waals surface area contributed by atoms with Gasteiger partial charge in [0.15, 0.2) is 0 Å². The summed E-state index contributed by atoms with van der Waals surface area (Å²) < 4.78 is 24.6. The lowest BCUT2D eigenvalue weighted by Gasteiger charge is -2.28. The molecule has 2 bridgehead atoms. The minimum Gasteiger partial charge on any atom is -0.490 e. The summed E-state index contributed by atoms with van der Waals surface area (Å²) in [7, 11) is 1.58. The lowest BCUT2D eigenvalue weighted by atomic mass is 9.87. The van der Waals surface area contributed by atoms with Crippen LogP contribution in [-0.2, 0) is 11.3 Å². The van der Waals surface area contributed by atoms with E-state index in [4.69, 9.17) is 9.47 Å². The highest BCUT2D eigenvalue weighted by Crippen LogP contribution is 2.43. The first kappa shape index (κ1) is 12.9. The van der Waals surface area contributed by atoms with Gasteiger partial charge in [-0.1, -0.05) is 12.8 Å². The third kappa shape index (κ3) is 2.92. The molecule has 2 aliphatic rings. The lowest BCUT2D eigenvalue weighted by Crippen LogP contribution is -2.26. The van der Waals surface area contributed by atoms with E-state index in [1.165, 1.54) is 25.3 Å². The van der Waals surface area contributed by atoms with E-state index < -0.39 is 0 Å². The number of hydrogen-bond donors (Lipinski definition) is 0. The van der Waals surface area contributed by atoms with Gasteiger partial charge < -0.3 is 9.47 Å². The molecule has 2 nitrogen and oxygen atoms in total. The van der Waals surface area contributed by atoms with Crippen LogP contribution in [0.1, 0.15) is 37.7 Å². The van der Waals surface area contributed by atoms with Crippen molar-refractivity contribution in [3.63, 3.8) is 0 Å². The minimum absolute atomic E-state index is 0.224. The Labute approximate surface area is 113 Å². The van der Waals surface area contributed by atoms with E-state index in [2.05, 4.69) is 0 Å². The number of benzene rings is 1. The Hall–Kier alpha value is -1.09. The predicted molar refractivity (Wildman–Crippen MR) is 71.6 cm³/mol. The van der Waals surface area contributed by atoms with Gasteiger partial charge in [0, 0.05) is 12.7 Å². The number of hydrogen-bond acceptors (Lipinski definition) is 2. The number of methoxy groups -OCH3 is 1. The molecule has 19 heavy (non-hydrogen) atoms. The third-order valence-electron chi connectivity index (χ3n) is 4.46. The quantitative estimate of drug-likeness (QED) is 0.820. The zero-order chi connectivity index (χ0) is 13.2. The van der Waals surface area contributed by atoms with E-state index in [0.29, 0.717) is 18.3 Å². The van der Waals surface area contributed by atoms with Gasteiger partial charge in [-0.2, -0.15) is 0 Å². The Kier molecular flexibility index (Phi) is 3.74. The van der Waals surface area contributed by atoms with Crippen molar-refractivity contribution < 1.29 is 13.9 Å². The molecular formula is C16H21FO2. The number of fused-ring (bicyclic) bond motifs is 2. The van der Waals surface area contributed by atoms with Gasteiger partial charge in [-0.25, -0.2) is 4.39 Å². The van der Waals surface area contributed by atoms with E-state index in [0.717, 1.165) is 30.4 Å². The average Bonchev–Trinajstić information content (AvgIpc) is 2.73. The van der Waals surface area contributed by atoms with Crippen molar-refractivity contribution in [3.8, 4) is 5.75 Å². The molecule has 104 valence electrons. The van der Waals surface area contributed by atoms with Crippen LogP contribution < -0.4 is 4.74 Å². The van der Waals surface area contributed by atoms with Gasteiger partial charge >= 0.3 is 0 Å². The summed E-state index contributed by atoms with van der Waals surface area (Å²) in [6.07, 6.45) is 6.75. The summed E-state index contributed by atoms with van der Waals surface area (Å²) in [6.45, 7) is 0.291. The van der Waals surface area contributed by atoms with Crippen LogP contribution in [0, 0.1) is 17.7 Å². The van der Waals surface area contributed by atoms with Gasteiger partial charge in [-0.15, -0.1) is 0 Å². The van der Waals surface area contributed by atoms with Crippen molar-refractivity contribution >= 4 is 0 Å². The first-order chi connectivity index (χ1) is 9.24. The zero-order valence-electron chi connectivity index (χ0n) is 11.4. The first-order valence-corrected chi connectivity index (χ1v) is 7.18. The van der Waals surface area contributed by atoms with Crippen LogP contribution in [0.5, 0.6) is 5.75 Å². The Morgan fingerprint density at radius 1 is 1.16 bits per heavy atom. The third-order valence-corrected chi connectivity index (χ3v) is 4.46.